The van der Waals surface area contributed by atoms with Crippen molar-refractivity contribution in [1.29, 1.82) is 0 Å². The minimum absolute atomic E-state index is 0.0517. The highest BCUT2D eigenvalue weighted by atomic mass is 16.4. The number of carboxylic acids is 1. The molecule has 0 bridgehead atoms. The molecule has 0 aliphatic heterocycles. The summed E-state index contributed by atoms with van der Waals surface area (Å²) >= 11 is 0. The number of benzene rings is 1. The third kappa shape index (κ3) is 3.15. The van der Waals surface area contributed by atoms with Crippen LogP contribution in [0.2, 0.25) is 0 Å². The van der Waals surface area contributed by atoms with E-state index in [0.29, 0.717) is 6.42 Å². The van der Waals surface area contributed by atoms with E-state index >= 15 is 0 Å². The lowest BCUT2D eigenvalue weighted by molar-refractivity contribution is -0.144. The third-order valence-electron chi connectivity index (χ3n) is 4.28. The minimum atomic E-state index is -1.07. The van der Waals surface area contributed by atoms with Gasteiger partial charge in [0.25, 0.3) is 0 Å². The Bertz CT molecular complexity index is 530. The highest BCUT2D eigenvalue weighted by molar-refractivity contribution is 5.84. The number of rotatable bonds is 6. The summed E-state index contributed by atoms with van der Waals surface area (Å²) in [5, 5.41) is 12.5. The van der Waals surface area contributed by atoms with Crippen LogP contribution in [0.4, 0.5) is 0 Å². The van der Waals surface area contributed by atoms with Crippen LogP contribution in [0.1, 0.15) is 31.7 Å². The number of carboxylic acid groups (broad SMARTS) is 1. The van der Waals surface area contributed by atoms with Crippen molar-refractivity contribution in [2.24, 2.45) is 5.92 Å². The molecule has 0 saturated carbocycles. The standard InChI is InChI=1S/C17H21NO3/c1-2-17(16(20)21,14-10-4-3-5-11-14)12-18-15(19)13-8-6-7-9-13/h3-7,10-11,13H,2,8-9,12H2,1H3,(H,18,19)(H,20,21). The molecule has 2 N–H and O–H groups in total. The summed E-state index contributed by atoms with van der Waals surface area (Å²) in [5.41, 5.74) is -0.340. The first kappa shape index (κ1) is 15.3. The summed E-state index contributed by atoms with van der Waals surface area (Å²) in [6.45, 7) is 1.96. The Balaban J connectivity index is 2.13. The van der Waals surface area contributed by atoms with Gasteiger partial charge in [-0.15, -0.1) is 0 Å². The molecule has 0 fully saturated rings. The van der Waals surface area contributed by atoms with Gasteiger partial charge < -0.3 is 10.4 Å². The second-order valence-electron chi connectivity index (χ2n) is 5.46. The van der Waals surface area contributed by atoms with E-state index < -0.39 is 11.4 Å². The lowest BCUT2D eigenvalue weighted by atomic mass is 9.78. The number of nitrogens with one attached hydrogen (secondary N) is 1. The fourth-order valence-corrected chi connectivity index (χ4v) is 2.75. The Hall–Kier alpha value is -2.10. The van der Waals surface area contributed by atoms with Crippen LogP contribution in [-0.2, 0) is 15.0 Å². The van der Waals surface area contributed by atoms with Crippen molar-refractivity contribution in [2.45, 2.75) is 31.6 Å². The van der Waals surface area contributed by atoms with Gasteiger partial charge in [-0.25, -0.2) is 0 Å². The average molecular weight is 287 g/mol. The zero-order valence-electron chi connectivity index (χ0n) is 12.2. The Morgan fingerprint density at radius 2 is 1.86 bits per heavy atom. The highest BCUT2D eigenvalue weighted by Gasteiger charge is 2.39. The van der Waals surface area contributed by atoms with Crippen LogP contribution in [0.15, 0.2) is 42.5 Å². The predicted molar refractivity (Wildman–Crippen MR) is 80.9 cm³/mol. The maximum Gasteiger partial charge on any atom is 0.315 e. The molecule has 1 amide bonds. The van der Waals surface area contributed by atoms with Gasteiger partial charge in [0, 0.05) is 12.5 Å². The van der Waals surface area contributed by atoms with E-state index in [1.807, 2.05) is 37.3 Å². The first-order valence-electron chi connectivity index (χ1n) is 7.32. The van der Waals surface area contributed by atoms with Crippen LogP contribution < -0.4 is 5.32 Å². The minimum Gasteiger partial charge on any atom is -0.481 e. The topological polar surface area (TPSA) is 66.4 Å². The SMILES string of the molecule is CCC(CNC(=O)C1CC=CC1)(C(=O)O)c1ccccc1. The van der Waals surface area contributed by atoms with E-state index in [9.17, 15) is 14.7 Å². The largest absolute Gasteiger partial charge is 0.481 e. The van der Waals surface area contributed by atoms with Crippen LogP contribution in [0.25, 0.3) is 0 Å². The smallest absolute Gasteiger partial charge is 0.315 e. The van der Waals surface area contributed by atoms with E-state index in [0.717, 1.165) is 18.4 Å². The zero-order chi connectivity index (χ0) is 15.3. The molecule has 1 atom stereocenters. The number of hydrogen-bond acceptors (Lipinski definition) is 2. The zero-order valence-corrected chi connectivity index (χ0v) is 12.2. The van der Waals surface area contributed by atoms with E-state index in [2.05, 4.69) is 5.32 Å². The van der Waals surface area contributed by atoms with Crippen molar-refractivity contribution in [3.63, 3.8) is 0 Å². The molecule has 2 rings (SSSR count). The molecule has 0 heterocycles. The molecule has 0 spiro atoms. The van der Waals surface area contributed by atoms with Gasteiger partial charge in [0.15, 0.2) is 0 Å². The number of carbonyl (C=O) groups is 2. The van der Waals surface area contributed by atoms with Crippen molar-refractivity contribution >= 4 is 11.9 Å². The van der Waals surface area contributed by atoms with Crippen LogP contribution >= 0.6 is 0 Å². The van der Waals surface area contributed by atoms with E-state index in [4.69, 9.17) is 0 Å². The molecule has 0 aromatic heterocycles. The molecular formula is C17H21NO3. The normalized spacial score (nSPS) is 17.4. The first-order chi connectivity index (χ1) is 10.1. The van der Waals surface area contributed by atoms with Crippen molar-refractivity contribution in [1.82, 2.24) is 5.32 Å². The third-order valence-corrected chi connectivity index (χ3v) is 4.28. The summed E-state index contributed by atoms with van der Waals surface area (Å²) in [7, 11) is 0. The second kappa shape index (κ2) is 6.57. The number of hydrogen-bond donors (Lipinski definition) is 2. The Morgan fingerprint density at radius 1 is 1.24 bits per heavy atom. The number of carbonyl (C=O) groups excluding carboxylic acids is 1. The lowest BCUT2D eigenvalue weighted by Gasteiger charge is -2.29. The van der Waals surface area contributed by atoms with Crippen molar-refractivity contribution in [2.75, 3.05) is 6.54 Å². The predicted octanol–water partition coefficient (Wildman–Crippen LogP) is 2.50. The summed E-state index contributed by atoms with van der Waals surface area (Å²) < 4.78 is 0. The maximum absolute atomic E-state index is 12.1. The van der Waals surface area contributed by atoms with Crippen molar-refractivity contribution < 1.29 is 14.7 Å². The molecule has 1 aromatic rings. The number of allylic oxidation sites excluding steroid dienone is 2. The quantitative estimate of drug-likeness (QED) is 0.790. The molecule has 4 heteroatoms. The molecule has 0 radical (unpaired) electrons. The van der Waals surface area contributed by atoms with Gasteiger partial charge in [-0.3, -0.25) is 9.59 Å². The summed E-state index contributed by atoms with van der Waals surface area (Å²) in [6.07, 6.45) is 5.89. The highest BCUT2D eigenvalue weighted by Crippen LogP contribution is 2.28. The molecule has 112 valence electrons. The molecular weight excluding hydrogens is 266 g/mol. The fraction of sp³-hybridized carbons (Fsp3) is 0.412. The number of aliphatic carboxylic acids is 1. The first-order valence-corrected chi connectivity index (χ1v) is 7.32. The van der Waals surface area contributed by atoms with Gasteiger partial charge in [-0.05, 0) is 24.8 Å². The van der Waals surface area contributed by atoms with Crippen molar-refractivity contribution in [3.05, 3.63) is 48.0 Å². The molecule has 4 nitrogen and oxygen atoms in total. The van der Waals surface area contributed by atoms with Crippen LogP contribution in [0.3, 0.4) is 0 Å². The monoisotopic (exact) mass is 287 g/mol. The van der Waals surface area contributed by atoms with Crippen LogP contribution in [0.5, 0.6) is 0 Å². The van der Waals surface area contributed by atoms with Gasteiger partial charge in [-0.2, -0.15) is 0 Å². The van der Waals surface area contributed by atoms with E-state index in [-0.39, 0.29) is 18.4 Å². The average Bonchev–Trinajstić information content (AvgIpc) is 3.03. The van der Waals surface area contributed by atoms with Gasteiger partial charge in [0.2, 0.25) is 5.91 Å². The maximum atomic E-state index is 12.1. The van der Waals surface area contributed by atoms with Gasteiger partial charge in [-0.1, -0.05) is 49.4 Å². The molecule has 1 aromatic carbocycles. The van der Waals surface area contributed by atoms with Gasteiger partial charge in [0.1, 0.15) is 5.41 Å². The lowest BCUT2D eigenvalue weighted by Crippen LogP contribution is -2.47. The van der Waals surface area contributed by atoms with E-state index in [1.54, 1.807) is 12.1 Å². The summed E-state index contributed by atoms with van der Waals surface area (Å²) in [4.78, 5) is 23.9. The Kier molecular flexibility index (Phi) is 4.78. The Labute approximate surface area is 124 Å². The summed E-state index contributed by atoms with van der Waals surface area (Å²) in [6, 6.07) is 9.12. The summed E-state index contributed by atoms with van der Waals surface area (Å²) in [5.74, 6) is -1.01. The molecule has 0 saturated heterocycles. The molecule has 1 aliphatic rings. The van der Waals surface area contributed by atoms with Gasteiger partial charge >= 0.3 is 5.97 Å². The van der Waals surface area contributed by atoms with E-state index in [1.165, 1.54) is 0 Å². The molecule has 21 heavy (non-hydrogen) atoms. The molecule has 1 unspecified atom stereocenters. The molecule has 1 aliphatic carbocycles. The second-order valence-corrected chi connectivity index (χ2v) is 5.46. The fourth-order valence-electron chi connectivity index (χ4n) is 2.75. The van der Waals surface area contributed by atoms with Crippen molar-refractivity contribution in [3.8, 4) is 0 Å². The van der Waals surface area contributed by atoms with Crippen LogP contribution in [-0.4, -0.2) is 23.5 Å². The van der Waals surface area contributed by atoms with Gasteiger partial charge in [0.05, 0.1) is 0 Å². The van der Waals surface area contributed by atoms with Crippen LogP contribution in [0, 0.1) is 5.92 Å². The Morgan fingerprint density at radius 3 is 2.38 bits per heavy atom. The number of amides is 1.